The van der Waals surface area contributed by atoms with Gasteiger partial charge in [-0.25, -0.2) is 23.2 Å². The quantitative estimate of drug-likeness (QED) is 0.737. The molecule has 0 radical (unpaired) electrons. The highest BCUT2D eigenvalue weighted by molar-refractivity contribution is 6.30. The van der Waals surface area contributed by atoms with E-state index in [1.807, 2.05) is 0 Å². The Morgan fingerprint density at radius 3 is 2.82 bits per heavy atom. The average Bonchev–Trinajstić information content (AvgIpc) is 3.20. The van der Waals surface area contributed by atoms with Crippen molar-refractivity contribution in [1.29, 1.82) is 0 Å². The number of esters is 1. The summed E-state index contributed by atoms with van der Waals surface area (Å²) in [6.45, 7) is -2.88. The number of rotatable bonds is 6. The third kappa shape index (κ3) is 2.85. The van der Waals surface area contributed by atoms with E-state index in [1.165, 1.54) is 6.20 Å². The van der Waals surface area contributed by atoms with Crippen molar-refractivity contribution < 1.29 is 23.1 Å². The van der Waals surface area contributed by atoms with Crippen molar-refractivity contribution in [1.82, 2.24) is 20.1 Å². The molecule has 148 valence electrons. The Morgan fingerprint density at radius 2 is 2.18 bits per heavy atom. The van der Waals surface area contributed by atoms with Gasteiger partial charge in [-0.05, 0) is 24.8 Å². The molecule has 2 heterocycles. The van der Waals surface area contributed by atoms with Gasteiger partial charge in [0.1, 0.15) is 13.3 Å². The number of hydrogen-bond donors (Lipinski definition) is 1. The van der Waals surface area contributed by atoms with E-state index in [0.717, 1.165) is 19.2 Å². The van der Waals surface area contributed by atoms with Gasteiger partial charge in [-0.1, -0.05) is 11.6 Å². The maximum absolute atomic E-state index is 13.5. The molecule has 4 rings (SSSR count). The molecule has 10 heteroatoms. The lowest BCUT2D eigenvalue weighted by Crippen LogP contribution is -2.58. The number of alkyl halides is 2. The molecule has 1 amide bonds. The van der Waals surface area contributed by atoms with Crippen molar-refractivity contribution in [2.45, 2.75) is 24.3 Å². The second-order valence-corrected chi connectivity index (χ2v) is 7.49. The summed E-state index contributed by atoms with van der Waals surface area (Å²) >= 11 is 6.04. The molecule has 1 N–H and O–H groups in total. The van der Waals surface area contributed by atoms with Crippen molar-refractivity contribution in [3.8, 4) is 5.82 Å². The van der Waals surface area contributed by atoms with Gasteiger partial charge in [0, 0.05) is 28.8 Å². The van der Waals surface area contributed by atoms with Crippen molar-refractivity contribution in [3.63, 3.8) is 0 Å². The monoisotopic (exact) mass is 410 g/mol. The fraction of sp³-hybridized carbons (Fsp3) is 0.444. The van der Waals surface area contributed by atoms with Gasteiger partial charge in [-0.15, -0.1) is 0 Å². The summed E-state index contributed by atoms with van der Waals surface area (Å²) in [6.07, 6.45) is 3.15. The van der Waals surface area contributed by atoms with Gasteiger partial charge in [0.2, 0.25) is 0 Å². The van der Waals surface area contributed by atoms with Crippen LogP contribution in [0.25, 0.3) is 5.82 Å². The summed E-state index contributed by atoms with van der Waals surface area (Å²) in [6, 6.07) is 3.24. The number of pyridine rings is 1. The van der Waals surface area contributed by atoms with E-state index in [0.29, 0.717) is 28.7 Å². The molecule has 1 fully saturated rings. The third-order valence-corrected chi connectivity index (χ3v) is 5.52. The Labute approximate surface area is 164 Å². The molecule has 2 aromatic rings. The Morgan fingerprint density at radius 1 is 1.43 bits per heavy atom. The zero-order valence-electron chi connectivity index (χ0n) is 14.9. The molecule has 0 aromatic carbocycles. The number of nitrogens with one attached hydrogen (secondary N) is 1. The van der Waals surface area contributed by atoms with E-state index in [-0.39, 0.29) is 11.6 Å². The van der Waals surface area contributed by atoms with E-state index in [2.05, 4.69) is 20.1 Å². The van der Waals surface area contributed by atoms with Gasteiger partial charge in [-0.2, -0.15) is 5.10 Å². The van der Waals surface area contributed by atoms with Crippen LogP contribution >= 0.6 is 11.6 Å². The number of nitrogens with zero attached hydrogens (tertiary/aromatic N) is 3. The zero-order valence-corrected chi connectivity index (χ0v) is 15.7. The second-order valence-electron chi connectivity index (χ2n) is 7.06. The largest absolute Gasteiger partial charge is 0.467 e. The standard InChI is InChI=1S/C18H17ClF2N4O3/c1-28-17(27)18(7-20,8-21)23-16(26)14-12-5-9-4-11(9)15(12)25(24-14)13-6-10(19)2-3-22-13/h2-3,6,9,11H,4-5,7-8H2,1H3,(H,23,26)/t9-,11-/m0/s1. The number of carbonyl (C=O) groups excluding carboxylic acids is 2. The number of hydrogen-bond acceptors (Lipinski definition) is 5. The Hall–Kier alpha value is -2.55. The smallest absolute Gasteiger partial charge is 0.337 e. The summed E-state index contributed by atoms with van der Waals surface area (Å²) in [7, 11) is 0.999. The number of ether oxygens (including phenoxy) is 1. The van der Waals surface area contributed by atoms with E-state index < -0.39 is 30.8 Å². The lowest BCUT2D eigenvalue weighted by molar-refractivity contribution is -0.149. The summed E-state index contributed by atoms with van der Waals surface area (Å²) in [5, 5.41) is 6.95. The van der Waals surface area contributed by atoms with Gasteiger partial charge in [0.15, 0.2) is 17.1 Å². The van der Waals surface area contributed by atoms with E-state index >= 15 is 0 Å². The maximum Gasteiger partial charge on any atom is 0.337 e. The number of amides is 1. The molecule has 28 heavy (non-hydrogen) atoms. The molecule has 0 saturated heterocycles. The zero-order chi connectivity index (χ0) is 20.1. The fourth-order valence-corrected chi connectivity index (χ4v) is 3.87. The van der Waals surface area contributed by atoms with Crippen LogP contribution in [-0.2, 0) is 16.0 Å². The van der Waals surface area contributed by atoms with Crippen molar-refractivity contribution in [2.24, 2.45) is 5.92 Å². The highest BCUT2D eigenvalue weighted by Crippen LogP contribution is 2.57. The second kappa shape index (κ2) is 6.80. The number of fused-ring (bicyclic) bond motifs is 3. The Bertz CT molecular complexity index is 960. The van der Waals surface area contributed by atoms with Crippen LogP contribution in [0, 0.1) is 5.92 Å². The van der Waals surface area contributed by atoms with Gasteiger partial charge >= 0.3 is 5.97 Å². The molecule has 2 atom stereocenters. The van der Waals surface area contributed by atoms with E-state index in [9.17, 15) is 18.4 Å². The summed E-state index contributed by atoms with van der Waals surface area (Å²) in [5.74, 6) is -0.902. The molecule has 2 aromatic heterocycles. The van der Waals surface area contributed by atoms with Crippen LogP contribution in [0.5, 0.6) is 0 Å². The molecule has 1 saturated carbocycles. The minimum atomic E-state index is -2.39. The molecule has 0 unspecified atom stereocenters. The average molecular weight is 411 g/mol. The van der Waals surface area contributed by atoms with Crippen LogP contribution in [0.4, 0.5) is 8.78 Å². The molecule has 0 bridgehead atoms. The first-order valence-electron chi connectivity index (χ1n) is 8.70. The Kier molecular flexibility index (Phi) is 4.57. The van der Waals surface area contributed by atoms with Gasteiger partial charge in [0.05, 0.1) is 12.8 Å². The highest BCUT2D eigenvalue weighted by atomic mass is 35.5. The normalized spacial score (nSPS) is 19.7. The van der Waals surface area contributed by atoms with Crippen LogP contribution in [0.1, 0.15) is 34.1 Å². The number of methoxy groups -OCH3 is 1. The maximum atomic E-state index is 13.5. The SMILES string of the molecule is COC(=O)C(CF)(CF)NC(=O)c1nn(-c2cc(Cl)ccn2)c2c1C[C@@H]1C[C@H]21. The molecular weight excluding hydrogens is 394 g/mol. The van der Waals surface area contributed by atoms with E-state index in [4.69, 9.17) is 11.6 Å². The van der Waals surface area contributed by atoms with E-state index in [1.54, 1.807) is 16.8 Å². The minimum Gasteiger partial charge on any atom is -0.467 e. The predicted octanol–water partition coefficient (Wildman–Crippen LogP) is 2.16. The van der Waals surface area contributed by atoms with Crippen LogP contribution < -0.4 is 5.32 Å². The van der Waals surface area contributed by atoms with Gasteiger partial charge in [0.25, 0.3) is 5.91 Å². The van der Waals surface area contributed by atoms with Crippen LogP contribution in [-0.4, -0.2) is 52.6 Å². The molecule has 2 aliphatic carbocycles. The van der Waals surface area contributed by atoms with Crippen LogP contribution in [0.3, 0.4) is 0 Å². The number of aromatic nitrogens is 3. The minimum absolute atomic E-state index is 0.0270. The number of carbonyl (C=O) groups is 2. The Balaban J connectivity index is 1.73. The first-order valence-corrected chi connectivity index (χ1v) is 9.08. The fourth-order valence-electron chi connectivity index (χ4n) is 3.72. The lowest BCUT2D eigenvalue weighted by atomic mass is 10.0. The molecular formula is C18H17ClF2N4O3. The van der Waals surface area contributed by atoms with Crippen molar-refractivity contribution in [3.05, 3.63) is 40.3 Å². The first-order chi connectivity index (χ1) is 13.4. The molecule has 0 spiro atoms. The summed E-state index contributed by atoms with van der Waals surface area (Å²) in [5.41, 5.74) is -0.802. The van der Waals surface area contributed by atoms with Crippen molar-refractivity contribution in [2.75, 3.05) is 20.5 Å². The molecule has 0 aliphatic heterocycles. The van der Waals surface area contributed by atoms with Crippen LogP contribution in [0.15, 0.2) is 18.3 Å². The van der Waals surface area contributed by atoms with Crippen LogP contribution in [0.2, 0.25) is 5.02 Å². The molecule has 7 nitrogen and oxygen atoms in total. The topological polar surface area (TPSA) is 86.1 Å². The van der Waals surface area contributed by atoms with Gasteiger partial charge in [-0.3, -0.25) is 4.79 Å². The lowest BCUT2D eigenvalue weighted by Gasteiger charge is -2.25. The first kappa shape index (κ1) is 18.8. The molecule has 2 aliphatic rings. The predicted molar refractivity (Wildman–Crippen MR) is 95.1 cm³/mol. The van der Waals surface area contributed by atoms with Gasteiger partial charge < -0.3 is 10.1 Å². The highest BCUT2D eigenvalue weighted by Gasteiger charge is 2.51. The summed E-state index contributed by atoms with van der Waals surface area (Å²) < 4.78 is 33.0. The van der Waals surface area contributed by atoms with Crippen molar-refractivity contribution >= 4 is 23.5 Å². The third-order valence-electron chi connectivity index (χ3n) is 5.29. The number of halogens is 3. The summed E-state index contributed by atoms with van der Waals surface area (Å²) in [4.78, 5) is 28.9.